The van der Waals surface area contributed by atoms with E-state index in [1.807, 2.05) is 18.2 Å². The first-order chi connectivity index (χ1) is 9.16. The summed E-state index contributed by atoms with van der Waals surface area (Å²) in [5.41, 5.74) is 9.90. The number of H-pyrrole nitrogens is 1. The minimum atomic E-state index is 0.352. The summed E-state index contributed by atoms with van der Waals surface area (Å²) >= 11 is 0. The number of hydrogen-bond donors (Lipinski definition) is 2. The maximum atomic E-state index is 5.98. The highest BCUT2D eigenvalue weighted by Gasteiger charge is 2.14. The number of nitrogens with one attached hydrogen (secondary N) is 1. The third kappa shape index (κ3) is 1.95. The Morgan fingerprint density at radius 2 is 1.89 bits per heavy atom. The van der Waals surface area contributed by atoms with Gasteiger partial charge < -0.3 is 5.73 Å². The largest absolute Gasteiger partial charge is 0.383 e. The van der Waals surface area contributed by atoms with Gasteiger partial charge in [-0.3, -0.25) is 5.10 Å². The van der Waals surface area contributed by atoms with Gasteiger partial charge in [-0.15, -0.1) is 0 Å². The van der Waals surface area contributed by atoms with Crippen LogP contribution >= 0.6 is 0 Å². The first-order valence-electron chi connectivity index (χ1n) is 6.36. The van der Waals surface area contributed by atoms with Crippen molar-refractivity contribution in [3.8, 4) is 11.1 Å². The molecule has 3 aromatic rings. The number of aromatic nitrogens is 3. The van der Waals surface area contributed by atoms with Crippen molar-refractivity contribution in [1.82, 2.24) is 15.2 Å². The van der Waals surface area contributed by atoms with Gasteiger partial charge in [-0.2, -0.15) is 5.10 Å². The SMILES string of the molecule is CC(C)c1cc(-c2ccccc2)c2c(N)[nH]nc2n1. The molecule has 0 fully saturated rings. The molecule has 0 atom stereocenters. The number of fused-ring (bicyclic) bond motifs is 1. The highest BCUT2D eigenvalue weighted by Crippen LogP contribution is 2.32. The van der Waals surface area contributed by atoms with Gasteiger partial charge >= 0.3 is 0 Å². The maximum Gasteiger partial charge on any atom is 0.183 e. The molecule has 0 unspecified atom stereocenters. The Kier molecular flexibility index (Phi) is 2.71. The van der Waals surface area contributed by atoms with Crippen molar-refractivity contribution in [1.29, 1.82) is 0 Å². The normalized spacial score (nSPS) is 11.3. The van der Waals surface area contributed by atoms with E-state index in [4.69, 9.17) is 5.73 Å². The number of rotatable bonds is 2. The molecule has 19 heavy (non-hydrogen) atoms. The van der Waals surface area contributed by atoms with Gasteiger partial charge in [-0.1, -0.05) is 44.2 Å². The van der Waals surface area contributed by atoms with Crippen LogP contribution < -0.4 is 5.73 Å². The molecule has 96 valence electrons. The summed E-state index contributed by atoms with van der Waals surface area (Å²) in [6, 6.07) is 12.3. The highest BCUT2D eigenvalue weighted by molar-refractivity contribution is 5.99. The number of hydrogen-bond acceptors (Lipinski definition) is 3. The average molecular weight is 252 g/mol. The molecule has 0 aliphatic heterocycles. The second-order valence-corrected chi connectivity index (χ2v) is 4.95. The van der Waals surface area contributed by atoms with E-state index in [0.717, 1.165) is 22.2 Å². The zero-order valence-corrected chi connectivity index (χ0v) is 11.0. The lowest BCUT2D eigenvalue weighted by molar-refractivity contribution is 0.827. The Morgan fingerprint density at radius 1 is 1.16 bits per heavy atom. The van der Waals surface area contributed by atoms with E-state index in [0.29, 0.717) is 17.4 Å². The molecule has 4 heteroatoms. The average Bonchev–Trinajstić information content (AvgIpc) is 2.80. The molecule has 3 N–H and O–H groups in total. The predicted molar refractivity (Wildman–Crippen MR) is 77.8 cm³/mol. The summed E-state index contributed by atoms with van der Waals surface area (Å²) < 4.78 is 0. The van der Waals surface area contributed by atoms with Crippen LogP contribution in [-0.2, 0) is 0 Å². The molecule has 4 nitrogen and oxygen atoms in total. The van der Waals surface area contributed by atoms with Gasteiger partial charge in [-0.05, 0) is 23.1 Å². The molecule has 0 saturated carbocycles. The molecule has 0 aliphatic carbocycles. The van der Waals surface area contributed by atoms with Crippen molar-refractivity contribution >= 4 is 16.9 Å². The zero-order valence-electron chi connectivity index (χ0n) is 11.0. The zero-order chi connectivity index (χ0) is 13.4. The molecule has 0 spiro atoms. The third-order valence-corrected chi connectivity index (χ3v) is 3.25. The molecular formula is C15H16N4. The van der Waals surface area contributed by atoms with Gasteiger partial charge in [0.05, 0.1) is 5.39 Å². The minimum absolute atomic E-state index is 0.352. The Balaban J connectivity index is 2.35. The summed E-state index contributed by atoms with van der Waals surface area (Å²) in [5.74, 6) is 0.918. The van der Waals surface area contributed by atoms with Crippen LogP contribution in [0.3, 0.4) is 0 Å². The number of nitrogens with two attached hydrogens (primary N) is 1. The van der Waals surface area contributed by atoms with Crippen LogP contribution in [0.1, 0.15) is 25.5 Å². The number of pyridine rings is 1. The number of nitrogens with zero attached hydrogens (tertiary/aromatic N) is 2. The summed E-state index contributed by atoms with van der Waals surface area (Å²) in [7, 11) is 0. The van der Waals surface area contributed by atoms with Crippen molar-refractivity contribution in [2.75, 3.05) is 5.73 Å². The van der Waals surface area contributed by atoms with Crippen molar-refractivity contribution in [2.24, 2.45) is 0 Å². The van der Waals surface area contributed by atoms with E-state index in [1.54, 1.807) is 0 Å². The van der Waals surface area contributed by atoms with Gasteiger partial charge in [0.25, 0.3) is 0 Å². The van der Waals surface area contributed by atoms with Crippen LogP contribution in [0.5, 0.6) is 0 Å². The molecule has 2 heterocycles. The van der Waals surface area contributed by atoms with Crippen molar-refractivity contribution in [3.63, 3.8) is 0 Å². The summed E-state index contributed by atoms with van der Waals surface area (Å²) in [4.78, 5) is 4.56. The van der Waals surface area contributed by atoms with Gasteiger partial charge in [0, 0.05) is 5.69 Å². The molecular weight excluding hydrogens is 236 g/mol. The fraction of sp³-hybridized carbons (Fsp3) is 0.200. The molecule has 3 rings (SSSR count). The van der Waals surface area contributed by atoms with Gasteiger partial charge in [0.2, 0.25) is 0 Å². The molecule has 0 bridgehead atoms. The molecule has 0 amide bonds. The maximum absolute atomic E-state index is 5.98. The van der Waals surface area contributed by atoms with Gasteiger partial charge in [0.15, 0.2) is 5.65 Å². The molecule has 0 radical (unpaired) electrons. The van der Waals surface area contributed by atoms with Crippen molar-refractivity contribution in [2.45, 2.75) is 19.8 Å². The Bertz CT molecular complexity index is 714. The minimum Gasteiger partial charge on any atom is -0.383 e. The number of benzene rings is 1. The summed E-state index contributed by atoms with van der Waals surface area (Å²) in [5, 5.41) is 7.90. The summed E-state index contributed by atoms with van der Waals surface area (Å²) in [6.07, 6.45) is 0. The highest BCUT2D eigenvalue weighted by atomic mass is 15.2. The fourth-order valence-electron chi connectivity index (χ4n) is 2.21. The van der Waals surface area contributed by atoms with Crippen LogP contribution in [0, 0.1) is 0 Å². The molecule has 1 aromatic carbocycles. The predicted octanol–water partition coefficient (Wildman–Crippen LogP) is 3.33. The third-order valence-electron chi connectivity index (χ3n) is 3.25. The van der Waals surface area contributed by atoms with Crippen LogP contribution in [0.15, 0.2) is 36.4 Å². The first-order valence-corrected chi connectivity index (χ1v) is 6.36. The van der Waals surface area contributed by atoms with Gasteiger partial charge in [-0.25, -0.2) is 4.98 Å². The Labute approximate surface area is 111 Å². The molecule has 0 saturated heterocycles. The van der Waals surface area contributed by atoms with Crippen LogP contribution in [0.2, 0.25) is 0 Å². The monoisotopic (exact) mass is 252 g/mol. The number of aromatic amines is 1. The van der Waals surface area contributed by atoms with E-state index in [2.05, 4.69) is 47.2 Å². The Hall–Kier alpha value is -2.36. The molecule has 0 aliphatic rings. The second kappa shape index (κ2) is 4.39. The van der Waals surface area contributed by atoms with E-state index in [9.17, 15) is 0 Å². The topological polar surface area (TPSA) is 67.6 Å². The smallest absolute Gasteiger partial charge is 0.183 e. The first kappa shape index (κ1) is 11.7. The lowest BCUT2D eigenvalue weighted by Crippen LogP contribution is -1.95. The number of anilines is 1. The quantitative estimate of drug-likeness (QED) is 0.735. The van der Waals surface area contributed by atoms with Gasteiger partial charge in [0.1, 0.15) is 5.82 Å². The second-order valence-electron chi connectivity index (χ2n) is 4.95. The molecule has 2 aromatic heterocycles. The van der Waals surface area contributed by atoms with Crippen molar-refractivity contribution < 1.29 is 0 Å². The fourth-order valence-corrected chi connectivity index (χ4v) is 2.21. The van der Waals surface area contributed by atoms with Crippen LogP contribution in [0.25, 0.3) is 22.2 Å². The van der Waals surface area contributed by atoms with Crippen LogP contribution in [0.4, 0.5) is 5.82 Å². The number of nitrogen functional groups attached to an aromatic ring is 1. The summed E-state index contributed by atoms with van der Waals surface area (Å²) in [6.45, 7) is 4.25. The lowest BCUT2D eigenvalue weighted by Gasteiger charge is -2.09. The van der Waals surface area contributed by atoms with E-state index in [1.165, 1.54) is 0 Å². The van der Waals surface area contributed by atoms with E-state index >= 15 is 0 Å². The van der Waals surface area contributed by atoms with E-state index < -0.39 is 0 Å². The van der Waals surface area contributed by atoms with E-state index in [-0.39, 0.29) is 0 Å². The Morgan fingerprint density at radius 3 is 2.58 bits per heavy atom. The lowest BCUT2D eigenvalue weighted by atomic mass is 9.99. The van der Waals surface area contributed by atoms with Crippen molar-refractivity contribution in [3.05, 3.63) is 42.1 Å². The van der Waals surface area contributed by atoms with Crippen LogP contribution in [-0.4, -0.2) is 15.2 Å². The standard InChI is InChI=1S/C15H16N4/c1-9(2)12-8-11(10-6-4-3-5-7-10)13-14(16)18-19-15(13)17-12/h3-9H,1-2H3,(H3,16,17,18,19).